The van der Waals surface area contributed by atoms with Crippen LogP contribution in [0.1, 0.15) is 21.5 Å². The summed E-state index contributed by atoms with van der Waals surface area (Å²) in [6.07, 6.45) is 3.19. The molecule has 0 spiro atoms. The van der Waals surface area contributed by atoms with Crippen molar-refractivity contribution in [1.82, 2.24) is 9.88 Å². The Kier molecular flexibility index (Phi) is 5.08. The number of carbonyl (C=O) groups excluding carboxylic acids is 1. The standard InChI is InChI=1S/C17H16N2O2/c1-19(17(21)15-8-4-10-18-12-15)13-16-7-3-2-6-14(16)9-5-11-20/h2-4,6-8,10,12,20H,11,13H2,1H3. The van der Waals surface area contributed by atoms with E-state index >= 15 is 0 Å². The first kappa shape index (κ1) is 14.8. The minimum absolute atomic E-state index is 0.0898. The van der Waals surface area contributed by atoms with Gasteiger partial charge in [0.15, 0.2) is 0 Å². The molecule has 1 heterocycles. The summed E-state index contributed by atoms with van der Waals surface area (Å²) >= 11 is 0. The van der Waals surface area contributed by atoms with Crippen molar-refractivity contribution in [2.75, 3.05) is 13.7 Å². The molecule has 4 nitrogen and oxygen atoms in total. The van der Waals surface area contributed by atoms with E-state index in [9.17, 15) is 4.79 Å². The molecule has 1 N–H and O–H groups in total. The SMILES string of the molecule is CN(Cc1ccccc1C#CCO)C(=O)c1cccnc1. The number of hydrogen-bond donors (Lipinski definition) is 1. The average Bonchev–Trinajstić information content (AvgIpc) is 2.54. The van der Waals surface area contributed by atoms with Crippen LogP contribution in [0.2, 0.25) is 0 Å². The summed E-state index contributed by atoms with van der Waals surface area (Å²) in [5.74, 6) is 5.44. The highest BCUT2D eigenvalue weighted by Gasteiger charge is 2.13. The van der Waals surface area contributed by atoms with Gasteiger partial charge in [0.05, 0.1) is 5.56 Å². The lowest BCUT2D eigenvalue weighted by Crippen LogP contribution is -2.26. The number of pyridine rings is 1. The Balaban J connectivity index is 2.16. The minimum Gasteiger partial charge on any atom is -0.384 e. The second-order valence-corrected chi connectivity index (χ2v) is 4.52. The zero-order valence-electron chi connectivity index (χ0n) is 11.8. The van der Waals surface area contributed by atoms with Crippen molar-refractivity contribution in [1.29, 1.82) is 0 Å². The highest BCUT2D eigenvalue weighted by atomic mass is 16.2. The molecule has 2 rings (SSSR count). The van der Waals surface area contributed by atoms with E-state index in [2.05, 4.69) is 16.8 Å². The van der Waals surface area contributed by atoms with Gasteiger partial charge in [-0.15, -0.1) is 0 Å². The lowest BCUT2D eigenvalue weighted by Gasteiger charge is -2.18. The lowest BCUT2D eigenvalue weighted by atomic mass is 10.1. The Morgan fingerprint density at radius 2 is 2.10 bits per heavy atom. The van der Waals surface area contributed by atoms with Gasteiger partial charge in [0.2, 0.25) is 0 Å². The molecule has 106 valence electrons. The topological polar surface area (TPSA) is 53.4 Å². The molecule has 1 aromatic heterocycles. The van der Waals surface area contributed by atoms with Crippen molar-refractivity contribution in [3.8, 4) is 11.8 Å². The molecule has 0 aliphatic carbocycles. The van der Waals surface area contributed by atoms with Gasteiger partial charge >= 0.3 is 0 Å². The van der Waals surface area contributed by atoms with Crippen LogP contribution >= 0.6 is 0 Å². The van der Waals surface area contributed by atoms with Gasteiger partial charge in [-0.25, -0.2) is 0 Å². The van der Waals surface area contributed by atoms with Crippen LogP contribution in [0.5, 0.6) is 0 Å². The molecule has 0 aliphatic heterocycles. The van der Waals surface area contributed by atoms with Gasteiger partial charge in [0.1, 0.15) is 6.61 Å². The fourth-order valence-electron chi connectivity index (χ4n) is 1.95. The van der Waals surface area contributed by atoms with Crippen LogP contribution in [0.3, 0.4) is 0 Å². The molecule has 0 unspecified atom stereocenters. The maximum absolute atomic E-state index is 12.3. The van der Waals surface area contributed by atoms with Crippen LogP contribution in [0, 0.1) is 11.8 Å². The summed E-state index contributed by atoms with van der Waals surface area (Å²) in [6.45, 7) is 0.267. The van der Waals surface area contributed by atoms with E-state index in [1.54, 1.807) is 36.5 Å². The van der Waals surface area contributed by atoms with Crippen molar-refractivity contribution in [2.24, 2.45) is 0 Å². The molecule has 2 aromatic rings. The predicted molar refractivity (Wildman–Crippen MR) is 80.4 cm³/mol. The van der Waals surface area contributed by atoms with Crippen molar-refractivity contribution in [2.45, 2.75) is 6.54 Å². The summed E-state index contributed by atoms with van der Waals surface area (Å²) in [7, 11) is 1.74. The molecule has 1 amide bonds. The highest BCUT2D eigenvalue weighted by molar-refractivity contribution is 5.93. The van der Waals surface area contributed by atoms with Gasteiger partial charge in [0, 0.05) is 31.5 Å². The Labute approximate surface area is 124 Å². The Morgan fingerprint density at radius 3 is 2.81 bits per heavy atom. The van der Waals surface area contributed by atoms with E-state index in [1.165, 1.54) is 0 Å². The van der Waals surface area contributed by atoms with Crippen LogP contribution in [0.4, 0.5) is 0 Å². The first-order valence-corrected chi connectivity index (χ1v) is 6.55. The van der Waals surface area contributed by atoms with E-state index in [4.69, 9.17) is 5.11 Å². The number of nitrogens with zero attached hydrogens (tertiary/aromatic N) is 2. The van der Waals surface area contributed by atoms with Gasteiger partial charge in [-0.05, 0) is 23.8 Å². The lowest BCUT2D eigenvalue weighted by molar-refractivity contribution is 0.0784. The number of aliphatic hydroxyl groups is 1. The van der Waals surface area contributed by atoms with Crippen molar-refractivity contribution >= 4 is 5.91 Å². The van der Waals surface area contributed by atoms with Gasteiger partial charge in [-0.1, -0.05) is 30.0 Å². The van der Waals surface area contributed by atoms with Gasteiger partial charge in [-0.3, -0.25) is 9.78 Å². The van der Waals surface area contributed by atoms with Crippen LogP contribution < -0.4 is 0 Å². The summed E-state index contributed by atoms with van der Waals surface area (Å²) in [6, 6.07) is 11.1. The van der Waals surface area contributed by atoms with E-state index in [0.717, 1.165) is 11.1 Å². The van der Waals surface area contributed by atoms with Crippen molar-refractivity contribution in [3.05, 3.63) is 65.5 Å². The molecule has 1 aromatic carbocycles. The summed E-state index contributed by atoms with van der Waals surface area (Å²) < 4.78 is 0. The molecule has 0 saturated heterocycles. The van der Waals surface area contributed by atoms with Gasteiger partial charge < -0.3 is 10.0 Å². The highest BCUT2D eigenvalue weighted by Crippen LogP contribution is 2.12. The second kappa shape index (κ2) is 7.22. The first-order chi connectivity index (χ1) is 10.2. The van der Waals surface area contributed by atoms with E-state index < -0.39 is 0 Å². The third kappa shape index (κ3) is 3.91. The summed E-state index contributed by atoms with van der Waals surface area (Å²) in [5.41, 5.74) is 2.31. The first-order valence-electron chi connectivity index (χ1n) is 6.55. The Morgan fingerprint density at radius 1 is 1.29 bits per heavy atom. The number of benzene rings is 1. The third-order valence-electron chi connectivity index (χ3n) is 2.98. The van der Waals surface area contributed by atoms with Crippen molar-refractivity contribution in [3.63, 3.8) is 0 Å². The molecule has 4 heteroatoms. The molecular weight excluding hydrogens is 264 g/mol. The molecule has 0 fully saturated rings. The fourth-order valence-corrected chi connectivity index (χ4v) is 1.95. The quantitative estimate of drug-likeness (QED) is 0.871. The number of aromatic nitrogens is 1. The van der Waals surface area contributed by atoms with E-state index in [0.29, 0.717) is 12.1 Å². The number of carbonyl (C=O) groups is 1. The van der Waals surface area contributed by atoms with E-state index in [1.807, 2.05) is 24.3 Å². The summed E-state index contributed by atoms with van der Waals surface area (Å²) in [5, 5.41) is 8.79. The van der Waals surface area contributed by atoms with Crippen molar-refractivity contribution < 1.29 is 9.90 Å². The monoisotopic (exact) mass is 280 g/mol. The van der Waals surface area contributed by atoms with Crippen LogP contribution in [0.15, 0.2) is 48.8 Å². The molecular formula is C17H16N2O2. The normalized spacial score (nSPS) is 9.62. The second-order valence-electron chi connectivity index (χ2n) is 4.52. The Bertz CT molecular complexity index is 672. The number of hydrogen-bond acceptors (Lipinski definition) is 3. The molecule has 0 aliphatic rings. The largest absolute Gasteiger partial charge is 0.384 e. The van der Waals surface area contributed by atoms with Gasteiger partial charge in [0.25, 0.3) is 5.91 Å². The molecule has 0 atom stereocenters. The predicted octanol–water partition coefficient (Wildman–Crippen LogP) is 1.70. The number of aliphatic hydroxyl groups excluding tert-OH is 1. The van der Waals surface area contributed by atoms with Crippen LogP contribution in [-0.2, 0) is 6.54 Å². The number of amides is 1. The maximum Gasteiger partial charge on any atom is 0.255 e. The maximum atomic E-state index is 12.3. The van der Waals surface area contributed by atoms with Gasteiger partial charge in [-0.2, -0.15) is 0 Å². The molecule has 0 bridgehead atoms. The molecule has 0 radical (unpaired) electrons. The third-order valence-corrected chi connectivity index (χ3v) is 2.98. The van der Waals surface area contributed by atoms with E-state index in [-0.39, 0.29) is 12.5 Å². The summed E-state index contributed by atoms with van der Waals surface area (Å²) in [4.78, 5) is 17.9. The van der Waals surface area contributed by atoms with Crippen LogP contribution in [0.25, 0.3) is 0 Å². The number of rotatable bonds is 3. The Hall–Kier alpha value is -2.64. The van der Waals surface area contributed by atoms with Crippen LogP contribution in [-0.4, -0.2) is 34.6 Å². The minimum atomic E-state index is -0.182. The molecule has 21 heavy (non-hydrogen) atoms. The smallest absolute Gasteiger partial charge is 0.255 e. The molecule has 0 saturated carbocycles. The zero-order valence-corrected chi connectivity index (χ0v) is 11.8. The fraction of sp³-hybridized carbons (Fsp3) is 0.176. The zero-order chi connectivity index (χ0) is 15.1. The average molecular weight is 280 g/mol.